The highest BCUT2D eigenvalue weighted by atomic mass is 35.5. The monoisotopic (exact) mass is 306 g/mol. The fourth-order valence-electron chi connectivity index (χ4n) is 1.93. The number of anilines is 1. The van der Waals surface area contributed by atoms with Gasteiger partial charge in [-0.2, -0.15) is 4.98 Å². The third-order valence-corrected chi connectivity index (χ3v) is 3.08. The van der Waals surface area contributed by atoms with Crippen LogP contribution in [0.4, 0.5) is 15.1 Å². The summed E-state index contributed by atoms with van der Waals surface area (Å²) in [5.74, 6) is -0.553. The van der Waals surface area contributed by atoms with Crippen LogP contribution in [0.5, 0.6) is 0 Å². The summed E-state index contributed by atoms with van der Waals surface area (Å²) < 4.78 is 14.7. The van der Waals surface area contributed by atoms with Gasteiger partial charge >= 0.3 is 6.09 Å². The normalized spacial score (nSPS) is 10.8. The molecule has 0 saturated carbocycles. The maximum Gasteiger partial charge on any atom is 0.411 e. The lowest BCUT2D eigenvalue weighted by Gasteiger charge is -2.05. The van der Waals surface area contributed by atoms with E-state index in [4.69, 9.17) is 16.7 Å². The third-order valence-electron chi connectivity index (χ3n) is 2.79. The molecule has 2 heterocycles. The van der Waals surface area contributed by atoms with Gasteiger partial charge in [-0.1, -0.05) is 17.7 Å². The van der Waals surface area contributed by atoms with Gasteiger partial charge in [0, 0.05) is 5.56 Å². The highest BCUT2D eigenvalue weighted by Gasteiger charge is 2.11. The van der Waals surface area contributed by atoms with Gasteiger partial charge in [0.15, 0.2) is 5.65 Å². The van der Waals surface area contributed by atoms with Crippen LogP contribution in [0.15, 0.2) is 36.4 Å². The van der Waals surface area contributed by atoms with Crippen molar-refractivity contribution in [2.24, 2.45) is 0 Å². The molecule has 0 unspecified atom stereocenters. The molecule has 0 atom stereocenters. The number of halogens is 2. The Morgan fingerprint density at radius 1 is 1.33 bits per heavy atom. The molecule has 3 aromatic rings. The Labute approximate surface area is 122 Å². The Kier molecular flexibility index (Phi) is 3.19. The van der Waals surface area contributed by atoms with Gasteiger partial charge in [0.2, 0.25) is 0 Å². The first kappa shape index (κ1) is 13.3. The molecule has 6 nitrogen and oxygen atoms in total. The Hall–Kier alpha value is -2.67. The van der Waals surface area contributed by atoms with Crippen molar-refractivity contribution in [3.8, 4) is 11.3 Å². The molecule has 2 N–H and O–H groups in total. The number of nitrogens with zero attached hydrogens (tertiary/aromatic N) is 3. The lowest BCUT2D eigenvalue weighted by Crippen LogP contribution is -2.08. The van der Waals surface area contributed by atoms with Crippen molar-refractivity contribution in [1.29, 1.82) is 0 Å². The van der Waals surface area contributed by atoms with E-state index in [1.807, 2.05) is 0 Å². The number of rotatable bonds is 2. The number of fused-ring (bicyclic) bond motifs is 1. The quantitative estimate of drug-likeness (QED) is 0.761. The van der Waals surface area contributed by atoms with Gasteiger partial charge in [0.1, 0.15) is 5.82 Å². The van der Waals surface area contributed by atoms with Crippen LogP contribution in [0, 0.1) is 5.82 Å². The summed E-state index contributed by atoms with van der Waals surface area (Å²) in [4.78, 5) is 14.7. The number of hydrogen-bond donors (Lipinski definition) is 2. The van der Waals surface area contributed by atoms with Gasteiger partial charge < -0.3 is 5.11 Å². The number of pyridine rings is 1. The lowest BCUT2D eigenvalue weighted by atomic mass is 10.1. The molecule has 0 aliphatic heterocycles. The maximum absolute atomic E-state index is 13.2. The van der Waals surface area contributed by atoms with Gasteiger partial charge in [0.25, 0.3) is 5.95 Å². The summed E-state index contributed by atoms with van der Waals surface area (Å²) in [6.07, 6.45) is -1.25. The zero-order chi connectivity index (χ0) is 15.0. The molecule has 21 heavy (non-hydrogen) atoms. The highest BCUT2D eigenvalue weighted by molar-refractivity contribution is 6.31. The van der Waals surface area contributed by atoms with Crippen molar-refractivity contribution in [3.05, 3.63) is 47.2 Å². The molecule has 0 radical (unpaired) electrons. The number of aromatic nitrogens is 3. The molecule has 8 heteroatoms. The first-order valence-electron chi connectivity index (χ1n) is 5.86. The van der Waals surface area contributed by atoms with Crippen LogP contribution < -0.4 is 5.32 Å². The Morgan fingerprint density at radius 2 is 2.14 bits per heavy atom. The maximum atomic E-state index is 13.2. The Bertz CT molecular complexity index is 849. The molecular formula is C13H8ClFN4O2. The van der Waals surface area contributed by atoms with Crippen molar-refractivity contribution < 1.29 is 14.3 Å². The van der Waals surface area contributed by atoms with Gasteiger partial charge in [-0.05, 0) is 30.3 Å². The van der Waals surface area contributed by atoms with Crippen molar-refractivity contribution in [2.75, 3.05) is 5.32 Å². The fourth-order valence-corrected chi connectivity index (χ4v) is 2.11. The number of amides is 1. The molecular weight excluding hydrogens is 299 g/mol. The standard InChI is InChI=1S/C13H8ClFN4O2/c14-8-6-7(4-5-9(8)15)10-2-1-3-11-16-12(17-13(20)21)18-19(10)11/h1-6H,(H,17,18)(H,20,21). The van der Waals surface area contributed by atoms with Crippen LogP contribution in [0.25, 0.3) is 16.9 Å². The molecule has 0 spiro atoms. The minimum atomic E-state index is -1.25. The van der Waals surface area contributed by atoms with E-state index in [-0.39, 0.29) is 11.0 Å². The van der Waals surface area contributed by atoms with Crippen LogP contribution in [0.1, 0.15) is 0 Å². The largest absolute Gasteiger partial charge is 0.465 e. The van der Waals surface area contributed by atoms with Crippen molar-refractivity contribution in [2.45, 2.75) is 0 Å². The molecule has 0 aliphatic carbocycles. The van der Waals surface area contributed by atoms with Gasteiger partial charge in [-0.25, -0.2) is 13.7 Å². The second-order valence-corrected chi connectivity index (χ2v) is 4.58. The van der Waals surface area contributed by atoms with E-state index in [0.717, 1.165) is 0 Å². The van der Waals surface area contributed by atoms with Crippen LogP contribution in [-0.2, 0) is 0 Å². The van der Waals surface area contributed by atoms with E-state index in [2.05, 4.69) is 15.4 Å². The summed E-state index contributed by atoms with van der Waals surface area (Å²) in [6, 6.07) is 9.44. The molecule has 0 fully saturated rings. The van der Waals surface area contributed by atoms with Crippen LogP contribution in [-0.4, -0.2) is 25.8 Å². The van der Waals surface area contributed by atoms with Gasteiger partial charge in [-0.15, -0.1) is 5.10 Å². The summed E-state index contributed by atoms with van der Waals surface area (Å²) in [5, 5.41) is 14.8. The van der Waals surface area contributed by atoms with E-state index in [1.54, 1.807) is 24.3 Å². The van der Waals surface area contributed by atoms with Crippen LogP contribution in [0.2, 0.25) is 5.02 Å². The van der Waals surface area contributed by atoms with E-state index in [1.165, 1.54) is 16.6 Å². The first-order chi connectivity index (χ1) is 10.0. The summed E-state index contributed by atoms with van der Waals surface area (Å²) in [6.45, 7) is 0. The Morgan fingerprint density at radius 3 is 2.86 bits per heavy atom. The van der Waals surface area contributed by atoms with E-state index < -0.39 is 11.9 Å². The smallest absolute Gasteiger partial charge is 0.411 e. The van der Waals surface area contributed by atoms with Gasteiger partial charge in [0.05, 0.1) is 10.7 Å². The minimum Gasteiger partial charge on any atom is -0.465 e. The molecule has 0 bridgehead atoms. The number of benzene rings is 1. The molecule has 0 saturated heterocycles. The van der Waals surface area contributed by atoms with Crippen molar-refractivity contribution >= 4 is 29.3 Å². The second-order valence-electron chi connectivity index (χ2n) is 4.18. The minimum absolute atomic E-state index is 0.00602. The van der Waals surface area contributed by atoms with Crippen LogP contribution in [0.3, 0.4) is 0 Å². The zero-order valence-corrected chi connectivity index (χ0v) is 11.2. The third kappa shape index (κ3) is 2.50. The number of carbonyl (C=O) groups is 1. The SMILES string of the molecule is O=C(O)Nc1nc2cccc(-c3ccc(F)c(Cl)c3)n2n1. The first-order valence-corrected chi connectivity index (χ1v) is 6.23. The van der Waals surface area contributed by atoms with E-state index in [9.17, 15) is 9.18 Å². The molecule has 106 valence electrons. The summed E-state index contributed by atoms with van der Waals surface area (Å²) in [7, 11) is 0. The van der Waals surface area contributed by atoms with E-state index >= 15 is 0 Å². The number of carboxylic acid groups (broad SMARTS) is 1. The lowest BCUT2D eigenvalue weighted by molar-refractivity contribution is 0.209. The number of hydrogen-bond acceptors (Lipinski definition) is 3. The molecule has 3 rings (SSSR count). The molecule has 2 aromatic heterocycles. The Balaban J connectivity index is 2.15. The molecule has 1 amide bonds. The molecule has 0 aliphatic rings. The van der Waals surface area contributed by atoms with Gasteiger partial charge in [-0.3, -0.25) is 5.32 Å². The second kappa shape index (κ2) is 5.02. The average Bonchev–Trinajstić information content (AvgIpc) is 2.83. The summed E-state index contributed by atoms with van der Waals surface area (Å²) in [5.41, 5.74) is 1.70. The number of nitrogens with one attached hydrogen (secondary N) is 1. The predicted octanol–water partition coefficient (Wildman–Crippen LogP) is 3.28. The average molecular weight is 307 g/mol. The fraction of sp³-hybridized carbons (Fsp3) is 0. The zero-order valence-electron chi connectivity index (χ0n) is 10.4. The molecule has 1 aromatic carbocycles. The highest BCUT2D eigenvalue weighted by Crippen LogP contribution is 2.25. The van der Waals surface area contributed by atoms with E-state index in [0.29, 0.717) is 16.9 Å². The van der Waals surface area contributed by atoms with Crippen molar-refractivity contribution in [3.63, 3.8) is 0 Å². The van der Waals surface area contributed by atoms with Crippen molar-refractivity contribution in [1.82, 2.24) is 14.6 Å². The predicted molar refractivity (Wildman–Crippen MR) is 75.0 cm³/mol. The topological polar surface area (TPSA) is 79.5 Å². The van der Waals surface area contributed by atoms with Crippen LogP contribution >= 0.6 is 11.6 Å². The summed E-state index contributed by atoms with van der Waals surface area (Å²) >= 11 is 5.78.